The van der Waals surface area contributed by atoms with Gasteiger partial charge in [-0.25, -0.2) is 0 Å². The van der Waals surface area contributed by atoms with Crippen molar-refractivity contribution in [2.75, 3.05) is 11.1 Å². The van der Waals surface area contributed by atoms with Gasteiger partial charge in [-0.05, 0) is 44.2 Å². The monoisotopic (exact) mass is 504 g/mol. The Labute approximate surface area is 206 Å². The van der Waals surface area contributed by atoms with E-state index in [0.29, 0.717) is 44.6 Å². The number of halogens is 2. The van der Waals surface area contributed by atoms with Gasteiger partial charge in [0.1, 0.15) is 5.75 Å². The number of carbonyl (C=O) groups excluding carboxylic acids is 2. The van der Waals surface area contributed by atoms with Crippen molar-refractivity contribution in [3.63, 3.8) is 0 Å². The lowest BCUT2D eigenvalue weighted by atomic mass is 10.1. The molecule has 0 spiro atoms. The summed E-state index contributed by atoms with van der Waals surface area (Å²) in [5, 5.41) is 12.7. The summed E-state index contributed by atoms with van der Waals surface area (Å²) in [7, 11) is 0. The molecule has 10 heteroatoms. The summed E-state index contributed by atoms with van der Waals surface area (Å²) in [5.41, 5.74) is 1.09. The minimum atomic E-state index is -0.464. The van der Waals surface area contributed by atoms with Gasteiger partial charge in [-0.1, -0.05) is 53.2 Å². The number of allylic oxidation sites excluding steroid dienone is 1. The molecule has 0 saturated heterocycles. The third kappa shape index (κ3) is 6.60. The van der Waals surface area contributed by atoms with Gasteiger partial charge in [-0.2, -0.15) is 0 Å². The van der Waals surface area contributed by atoms with Crippen LogP contribution < -0.4 is 10.1 Å². The summed E-state index contributed by atoms with van der Waals surface area (Å²) in [5.74, 6) is 0.855. The molecule has 1 aromatic heterocycles. The summed E-state index contributed by atoms with van der Waals surface area (Å²) in [6.45, 7) is 7.54. The van der Waals surface area contributed by atoms with Gasteiger partial charge in [0.05, 0.1) is 10.8 Å². The van der Waals surface area contributed by atoms with E-state index in [-0.39, 0.29) is 17.4 Å². The number of Topliss-reactive ketones (excluding diaryl/α,β-unsaturated/α-hetero) is 1. The van der Waals surface area contributed by atoms with E-state index >= 15 is 0 Å². The van der Waals surface area contributed by atoms with Crippen molar-refractivity contribution < 1.29 is 14.3 Å². The van der Waals surface area contributed by atoms with Crippen molar-refractivity contribution in [3.05, 3.63) is 76.6 Å². The Hall–Kier alpha value is -2.81. The maximum atomic E-state index is 12.4. The molecule has 0 aliphatic rings. The van der Waals surface area contributed by atoms with Crippen LogP contribution in [0.2, 0.25) is 10.0 Å². The minimum Gasteiger partial charge on any atom is -0.481 e. The molecule has 1 unspecified atom stereocenters. The molecular formula is C23H22Cl2N4O3S. The number of nitrogens with one attached hydrogen (secondary N) is 1. The first-order chi connectivity index (χ1) is 15.8. The number of carbonyl (C=O) groups is 2. The number of benzene rings is 2. The number of hydrogen-bond donors (Lipinski definition) is 1. The lowest BCUT2D eigenvalue weighted by Gasteiger charge is -2.16. The molecule has 1 amide bonds. The zero-order chi connectivity index (χ0) is 24.0. The van der Waals surface area contributed by atoms with Crippen molar-refractivity contribution in [1.82, 2.24) is 14.8 Å². The number of amides is 1. The summed E-state index contributed by atoms with van der Waals surface area (Å²) >= 11 is 13.4. The Kier molecular flexibility index (Phi) is 8.55. The van der Waals surface area contributed by atoms with Gasteiger partial charge in [0.2, 0.25) is 5.91 Å². The average molecular weight is 505 g/mol. The van der Waals surface area contributed by atoms with E-state index in [1.807, 2.05) is 11.5 Å². The van der Waals surface area contributed by atoms with Crippen molar-refractivity contribution in [3.8, 4) is 5.75 Å². The molecule has 2 aromatic carbocycles. The lowest BCUT2D eigenvalue weighted by Crippen LogP contribution is -2.16. The maximum Gasteiger partial charge on any atom is 0.234 e. The number of nitrogens with zero attached hydrogens (tertiary/aromatic N) is 3. The van der Waals surface area contributed by atoms with Crippen LogP contribution in [0.4, 0.5) is 5.69 Å². The lowest BCUT2D eigenvalue weighted by molar-refractivity contribution is -0.113. The van der Waals surface area contributed by atoms with Crippen LogP contribution in [-0.2, 0) is 11.3 Å². The third-order valence-corrected chi connectivity index (χ3v) is 6.00. The van der Waals surface area contributed by atoms with Crippen LogP contribution >= 0.6 is 35.0 Å². The molecule has 3 rings (SSSR count). The first-order valence-corrected chi connectivity index (χ1v) is 11.7. The van der Waals surface area contributed by atoms with Crippen molar-refractivity contribution in [1.29, 1.82) is 0 Å². The van der Waals surface area contributed by atoms with Crippen LogP contribution in [0.1, 0.15) is 36.1 Å². The van der Waals surface area contributed by atoms with Crippen LogP contribution in [0, 0.1) is 0 Å². The van der Waals surface area contributed by atoms with Gasteiger partial charge in [-0.15, -0.1) is 16.8 Å². The summed E-state index contributed by atoms with van der Waals surface area (Å²) in [6, 6.07) is 11.8. The van der Waals surface area contributed by atoms with E-state index in [2.05, 4.69) is 22.1 Å². The standard InChI is InChI=1S/C23H22Cl2N4O3S/c1-4-10-29-22(15(3)32-20-9-8-17(24)12-19(20)25)27-28-23(29)33-13-21(31)26-18-7-5-6-16(11-18)14(2)30/h4-9,11-12,15H,1,10,13H2,2-3H3,(H,26,31). The van der Waals surface area contributed by atoms with Gasteiger partial charge >= 0.3 is 0 Å². The third-order valence-electron chi connectivity index (χ3n) is 4.50. The van der Waals surface area contributed by atoms with E-state index in [0.717, 1.165) is 0 Å². The second kappa shape index (κ2) is 11.4. The minimum absolute atomic E-state index is 0.0678. The number of thioether (sulfide) groups is 1. The van der Waals surface area contributed by atoms with Crippen LogP contribution in [0.15, 0.2) is 60.3 Å². The van der Waals surface area contributed by atoms with Gasteiger partial charge in [-0.3, -0.25) is 14.2 Å². The highest BCUT2D eigenvalue weighted by molar-refractivity contribution is 7.99. The smallest absolute Gasteiger partial charge is 0.234 e. The van der Waals surface area contributed by atoms with E-state index in [1.54, 1.807) is 48.5 Å². The molecule has 7 nitrogen and oxygen atoms in total. The topological polar surface area (TPSA) is 86.1 Å². The number of ketones is 1. The molecule has 0 radical (unpaired) electrons. The molecule has 172 valence electrons. The number of aromatic nitrogens is 3. The second-order valence-electron chi connectivity index (χ2n) is 7.05. The van der Waals surface area contributed by atoms with Crippen LogP contribution in [0.25, 0.3) is 0 Å². The summed E-state index contributed by atoms with van der Waals surface area (Å²) in [4.78, 5) is 24.0. The molecule has 1 N–H and O–H groups in total. The van der Waals surface area contributed by atoms with Gasteiger partial charge in [0, 0.05) is 22.8 Å². The Balaban J connectivity index is 1.68. The molecule has 0 saturated carbocycles. The molecule has 0 aliphatic carbocycles. The zero-order valence-electron chi connectivity index (χ0n) is 18.0. The zero-order valence-corrected chi connectivity index (χ0v) is 20.4. The highest BCUT2D eigenvalue weighted by atomic mass is 35.5. The van der Waals surface area contributed by atoms with Crippen molar-refractivity contribution >= 4 is 52.3 Å². The molecule has 0 bridgehead atoms. The van der Waals surface area contributed by atoms with Crippen LogP contribution in [-0.4, -0.2) is 32.2 Å². The normalized spacial score (nSPS) is 11.6. The predicted molar refractivity (Wildman–Crippen MR) is 132 cm³/mol. The van der Waals surface area contributed by atoms with Gasteiger partial charge < -0.3 is 10.1 Å². The first-order valence-electron chi connectivity index (χ1n) is 9.97. The average Bonchev–Trinajstić information content (AvgIpc) is 3.17. The predicted octanol–water partition coefficient (Wildman–Crippen LogP) is 5.84. The molecule has 1 atom stereocenters. The second-order valence-corrected chi connectivity index (χ2v) is 8.83. The Morgan fingerprint density at radius 3 is 2.73 bits per heavy atom. The number of hydrogen-bond acceptors (Lipinski definition) is 6. The van der Waals surface area contributed by atoms with Gasteiger partial charge in [0.25, 0.3) is 0 Å². The fourth-order valence-corrected chi connectivity index (χ4v) is 4.17. The molecule has 0 aliphatic heterocycles. The van der Waals surface area contributed by atoms with E-state index in [1.165, 1.54) is 18.7 Å². The highest BCUT2D eigenvalue weighted by Gasteiger charge is 2.20. The number of ether oxygens (including phenoxy) is 1. The summed E-state index contributed by atoms with van der Waals surface area (Å²) in [6.07, 6.45) is 1.25. The van der Waals surface area contributed by atoms with Crippen LogP contribution in [0.5, 0.6) is 5.75 Å². The Morgan fingerprint density at radius 2 is 2.03 bits per heavy atom. The molecular weight excluding hydrogens is 483 g/mol. The number of rotatable bonds is 10. The largest absolute Gasteiger partial charge is 0.481 e. The quantitative estimate of drug-likeness (QED) is 0.212. The molecule has 0 fully saturated rings. The maximum absolute atomic E-state index is 12.4. The summed E-state index contributed by atoms with van der Waals surface area (Å²) < 4.78 is 7.79. The molecule has 33 heavy (non-hydrogen) atoms. The van der Waals surface area contributed by atoms with Crippen LogP contribution in [0.3, 0.4) is 0 Å². The fourth-order valence-electron chi connectivity index (χ4n) is 2.97. The van der Waals surface area contributed by atoms with Crippen molar-refractivity contribution in [2.45, 2.75) is 31.7 Å². The number of anilines is 1. The first kappa shape index (κ1) is 24.8. The van der Waals surface area contributed by atoms with Gasteiger partial charge in [0.15, 0.2) is 22.9 Å². The van der Waals surface area contributed by atoms with E-state index in [9.17, 15) is 9.59 Å². The van der Waals surface area contributed by atoms with Crippen molar-refractivity contribution in [2.24, 2.45) is 0 Å². The molecule has 3 aromatic rings. The highest BCUT2D eigenvalue weighted by Crippen LogP contribution is 2.31. The molecule has 1 heterocycles. The Bertz CT molecular complexity index is 1180. The fraction of sp³-hybridized carbons (Fsp3) is 0.217. The van der Waals surface area contributed by atoms with E-state index < -0.39 is 6.10 Å². The van der Waals surface area contributed by atoms with E-state index in [4.69, 9.17) is 27.9 Å². The Morgan fingerprint density at radius 1 is 1.24 bits per heavy atom. The SMILES string of the molecule is C=CCn1c(SCC(=O)Nc2cccc(C(C)=O)c2)nnc1C(C)Oc1ccc(Cl)cc1Cl.